The Morgan fingerprint density at radius 3 is 2.67 bits per heavy atom. The molecule has 0 bridgehead atoms. The SMILES string of the molecule is CN(C[C@@H](O)C(F)(F)F)[C@H]1CCCC[C@@H]1Nc1cc(F)c(S(=O)(=O)Nc2nccs2)cc1Cl. The Kier molecular flexibility index (Phi) is 8.10. The van der Waals surface area contributed by atoms with Crippen LogP contribution in [-0.2, 0) is 10.0 Å². The summed E-state index contributed by atoms with van der Waals surface area (Å²) in [5.74, 6) is -1.04. The predicted molar refractivity (Wildman–Crippen MR) is 119 cm³/mol. The van der Waals surface area contributed by atoms with E-state index in [4.69, 9.17) is 11.6 Å². The number of benzene rings is 1. The van der Waals surface area contributed by atoms with Crippen LogP contribution in [0.4, 0.5) is 28.4 Å². The largest absolute Gasteiger partial charge is 0.415 e. The van der Waals surface area contributed by atoms with Gasteiger partial charge in [-0.05, 0) is 32.0 Å². The fourth-order valence-corrected chi connectivity index (χ4v) is 5.97. The lowest BCUT2D eigenvalue weighted by atomic mass is 9.89. The van der Waals surface area contributed by atoms with Gasteiger partial charge in [-0.1, -0.05) is 24.4 Å². The lowest BCUT2D eigenvalue weighted by Crippen LogP contribution is -2.51. The van der Waals surface area contributed by atoms with Crippen molar-refractivity contribution in [3.8, 4) is 0 Å². The molecule has 33 heavy (non-hydrogen) atoms. The van der Waals surface area contributed by atoms with Gasteiger partial charge >= 0.3 is 6.18 Å². The minimum Gasteiger partial charge on any atom is -0.382 e. The maximum atomic E-state index is 14.8. The van der Waals surface area contributed by atoms with E-state index in [-0.39, 0.29) is 27.9 Å². The van der Waals surface area contributed by atoms with E-state index >= 15 is 0 Å². The summed E-state index contributed by atoms with van der Waals surface area (Å²) in [5.41, 5.74) is 0.129. The van der Waals surface area contributed by atoms with E-state index in [2.05, 4.69) is 15.0 Å². The van der Waals surface area contributed by atoms with Crippen LogP contribution in [0.1, 0.15) is 25.7 Å². The summed E-state index contributed by atoms with van der Waals surface area (Å²) in [6, 6.07) is 1.18. The molecule has 1 aliphatic rings. The molecule has 3 N–H and O–H groups in total. The first-order chi connectivity index (χ1) is 15.4. The Morgan fingerprint density at radius 1 is 1.33 bits per heavy atom. The summed E-state index contributed by atoms with van der Waals surface area (Å²) in [6.07, 6.45) is -3.08. The van der Waals surface area contributed by atoms with E-state index in [0.29, 0.717) is 12.8 Å². The van der Waals surface area contributed by atoms with Crippen molar-refractivity contribution in [1.82, 2.24) is 9.88 Å². The number of nitrogens with zero attached hydrogens (tertiary/aromatic N) is 2. The molecular formula is C19H23ClF4N4O3S2. The fourth-order valence-electron chi connectivity index (χ4n) is 3.81. The number of rotatable bonds is 8. The lowest BCUT2D eigenvalue weighted by molar-refractivity contribution is -0.208. The maximum absolute atomic E-state index is 14.8. The molecule has 14 heteroatoms. The van der Waals surface area contributed by atoms with Crippen LogP contribution in [0.15, 0.2) is 28.6 Å². The van der Waals surface area contributed by atoms with Gasteiger partial charge in [-0.2, -0.15) is 13.2 Å². The zero-order chi connectivity index (χ0) is 24.4. The Morgan fingerprint density at radius 2 is 2.03 bits per heavy atom. The first kappa shape index (κ1) is 25.9. The van der Waals surface area contributed by atoms with Gasteiger partial charge in [0.25, 0.3) is 10.0 Å². The zero-order valence-corrected chi connectivity index (χ0v) is 19.8. The molecule has 3 atom stereocenters. The molecule has 0 spiro atoms. The number of sulfonamides is 1. The maximum Gasteiger partial charge on any atom is 0.415 e. The van der Waals surface area contributed by atoms with Crippen molar-refractivity contribution < 1.29 is 31.1 Å². The van der Waals surface area contributed by atoms with Crippen LogP contribution in [0.2, 0.25) is 5.02 Å². The van der Waals surface area contributed by atoms with E-state index in [1.165, 1.54) is 18.1 Å². The van der Waals surface area contributed by atoms with Crippen LogP contribution < -0.4 is 10.0 Å². The molecule has 0 saturated heterocycles. The molecule has 1 saturated carbocycles. The van der Waals surface area contributed by atoms with Gasteiger partial charge in [0.1, 0.15) is 10.7 Å². The molecule has 1 fully saturated rings. The number of anilines is 2. The number of aromatic nitrogens is 1. The van der Waals surface area contributed by atoms with Crippen LogP contribution in [-0.4, -0.2) is 61.4 Å². The molecule has 1 aliphatic carbocycles. The minimum atomic E-state index is -4.73. The highest BCUT2D eigenvalue weighted by Gasteiger charge is 2.40. The van der Waals surface area contributed by atoms with Gasteiger partial charge in [0.2, 0.25) is 0 Å². The van der Waals surface area contributed by atoms with Crippen molar-refractivity contribution in [3.05, 3.63) is 34.5 Å². The van der Waals surface area contributed by atoms with E-state index in [1.807, 2.05) is 0 Å². The molecule has 0 amide bonds. The summed E-state index contributed by atoms with van der Waals surface area (Å²) < 4.78 is 80.3. The summed E-state index contributed by atoms with van der Waals surface area (Å²) in [5, 5.41) is 14.0. The topological polar surface area (TPSA) is 94.6 Å². The number of hydrogen-bond acceptors (Lipinski definition) is 7. The first-order valence-corrected chi connectivity index (χ1v) is 12.8. The molecule has 2 aromatic rings. The standard InChI is InChI=1S/C19H23ClF4N4O3S2/c1-28(10-17(29)19(22,23)24)15-5-3-2-4-13(15)26-14-9-12(21)16(8-11(14)20)33(30,31)27-18-25-6-7-32-18/h6-9,13,15,17,26,29H,2-5,10H2,1H3,(H,25,27)/t13-,15-,17+/m0/s1. The molecule has 1 aromatic heterocycles. The number of aliphatic hydroxyl groups excluding tert-OH is 1. The van der Waals surface area contributed by atoms with Gasteiger partial charge in [-0.3, -0.25) is 9.62 Å². The van der Waals surface area contributed by atoms with Crippen molar-refractivity contribution in [3.63, 3.8) is 0 Å². The normalized spacial score (nSPS) is 20.6. The molecule has 0 unspecified atom stereocenters. The number of alkyl halides is 3. The average molecular weight is 531 g/mol. The van der Waals surface area contributed by atoms with Gasteiger partial charge in [0.05, 0.1) is 10.7 Å². The van der Waals surface area contributed by atoms with Crippen LogP contribution in [0.25, 0.3) is 0 Å². The van der Waals surface area contributed by atoms with Gasteiger partial charge in [-0.25, -0.2) is 17.8 Å². The third kappa shape index (κ3) is 6.47. The van der Waals surface area contributed by atoms with Crippen molar-refractivity contribution >= 4 is 43.8 Å². The fraction of sp³-hybridized carbons (Fsp3) is 0.526. The molecule has 184 valence electrons. The number of halogens is 5. The first-order valence-electron chi connectivity index (χ1n) is 10.0. The third-order valence-electron chi connectivity index (χ3n) is 5.44. The molecule has 1 aromatic carbocycles. The van der Waals surface area contributed by atoms with Crippen molar-refractivity contribution in [2.24, 2.45) is 0 Å². The molecule has 7 nitrogen and oxygen atoms in total. The van der Waals surface area contributed by atoms with Crippen molar-refractivity contribution in [2.45, 2.75) is 54.9 Å². The quantitative estimate of drug-likeness (QED) is 0.440. The van der Waals surface area contributed by atoms with Crippen molar-refractivity contribution in [1.29, 1.82) is 0 Å². The predicted octanol–water partition coefficient (Wildman–Crippen LogP) is 4.31. The minimum absolute atomic E-state index is 0.0572. The number of aliphatic hydroxyl groups is 1. The Hall–Kier alpha value is -1.67. The summed E-state index contributed by atoms with van der Waals surface area (Å²) in [6.45, 7) is -0.603. The van der Waals surface area contributed by atoms with Gasteiger partial charge in [-0.15, -0.1) is 11.3 Å². The second kappa shape index (κ2) is 10.3. The summed E-state index contributed by atoms with van der Waals surface area (Å²) >= 11 is 7.27. The summed E-state index contributed by atoms with van der Waals surface area (Å²) in [4.78, 5) is 4.57. The number of thiazole rings is 1. The Bertz CT molecular complexity index is 1050. The van der Waals surface area contributed by atoms with E-state index in [9.17, 15) is 31.1 Å². The Balaban J connectivity index is 1.78. The van der Waals surface area contributed by atoms with E-state index in [1.54, 1.807) is 5.38 Å². The van der Waals surface area contributed by atoms with Crippen LogP contribution in [0, 0.1) is 5.82 Å². The molecule has 3 rings (SSSR count). The third-order valence-corrected chi connectivity index (χ3v) is 7.92. The monoisotopic (exact) mass is 530 g/mol. The second-order valence-corrected chi connectivity index (χ2v) is 10.8. The molecule has 0 aliphatic heterocycles. The average Bonchev–Trinajstić information content (AvgIpc) is 3.22. The van der Waals surface area contributed by atoms with Crippen molar-refractivity contribution in [2.75, 3.05) is 23.6 Å². The van der Waals surface area contributed by atoms with E-state index in [0.717, 1.165) is 36.3 Å². The van der Waals surface area contributed by atoms with Crippen LogP contribution >= 0.6 is 22.9 Å². The number of hydrogen-bond donors (Lipinski definition) is 3. The molecule has 0 radical (unpaired) electrons. The zero-order valence-electron chi connectivity index (χ0n) is 17.4. The van der Waals surface area contributed by atoms with Crippen LogP contribution in [0.3, 0.4) is 0 Å². The van der Waals surface area contributed by atoms with Gasteiger partial charge in [0, 0.05) is 30.2 Å². The highest BCUT2D eigenvalue weighted by atomic mass is 35.5. The lowest BCUT2D eigenvalue weighted by Gasteiger charge is -2.40. The second-order valence-electron chi connectivity index (χ2n) is 7.80. The molecule has 1 heterocycles. The highest BCUT2D eigenvalue weighted by Crippen LogP contribution is 2.33. The van der Waals surface area contributed by atoms with Gasteiger partial charge in [0.15, 0.2) is 11.2 Å². The van der Waals surface area contributed by atoms with E-state index < -0.39 is 39.6 Å². The molecular weight excluding hydrogens is 508 g/mol. The van der Waals surface area contributed by atoms with Crippen LogP contribution in [0.5, 0.6) is 0 Å². The van der Waals surface area contributed by atoms with Gasteiger partial charge < -0.3 is 10.4 Å². The number of likely N-dealkylation sites (N-methyl/N-ethyl adjacent to an activating group) is 1. The smallest absolute Gasteiger partial charge is 0.382 e. The summed E-state index contributed by atoms with van der Waals surface area (Å²) in [7, 11) is -2.78. The highest BCUT2D eigenvalue weighted by molar-refractivity contribution is 7.93. The number of nitrogens with one attached hydrogen (secondary N) is 2. The Labute approximate surface area is 197 Å².